The van der Waals surface area contributed by atoms with E-state index in [0.717, 1.165) is 11.1 Å². The van der Waals surface area contributed by atoms with Gasteiger partial charge in [0.15, 0.2) is 0 Å². The minimum Gasteiger partial charge on any atom is -0.393 e. The molecule has 1 aliphatic rings. The van der Waals surface area contributed by atoms with Gasteiger partial charge in [-0.15, -0.1) is 0 Å². The summed E-state index contributed by atoms with van der Waals surface area (Å²) in [5.74, 6) is 0.463. The zero-order valence-electron chi connectivity index (χ0n) is 17.7. The van der Waals surface area contributed by atoms with Crippen molar-refractivity contribution >= 4 is 32.8 Å². The molecule has 0 aliphatic carbocycles. The molecule has 1 heterocycles. The molecule has 1 aromatic rings. The van der Waals surface area contributed by atoms with Crippen LogP contribution in [0.4, 0.5) is 10.5 Å². The van der Waals surface area contributed by atoms with Crippen LogP contribution < -0.4 is 15.2 Å². The molecule has 1 aliphatic heterocycles. The van der Waals surface area contributed by atoms with Gasteiger partial charge in [-0.2, -0.15) is 12.7 Å². The van der Waals surface area contributed by atoms with Crippen molar-refractivity contribution in [1.82, 2.24) is 9.03 Å². The normalized spacial score (nSPS) is 15.8. The van der Waals surface area contributed by atoms with E-state index >= 15 is 0 Å². The van der Waals surface area contributed by atoms with Crippen molar-refractivity contribution in [2.24, 2.45) is 5.14 Å². The lowest BCUT2D eigenvalue weighted by atomic mass is 9.93. The Labute approximate surface area is 180 Å². The highest BCUT2D eigenvalue weighted by Crippen LogP contribution is 2.32. The monoisotopic (exact) mass is 464 g/mol. The average molecular weight is 465 g/mol. The first-order chi connectivity index (χ1) is 13.8. The average Bonchev–Trinajstić information content (AvgIpc) is 2.60. The summed E-state index contributed by atoms with van der Waals surface area (Å²) in [6.45, 7) is 8.76. The van der Waals surface area contributed by atoms with Gasteiger partial charge in [0.1, 0.15) is 0 Å². The van der Waals surface area contributed by atoms with Crippen LogP contribution in [0, 0.1) is 0 Å². The van der Waals surface area contributed by atoms with Crippen LogP contribution in [0.2, 0.25) is 0 Å². The van der Waals surface area contributed by atoms with Crippen LogP contribution in [0.3, 0.4) is 0 Å². The SMILES string of the molecule is CC(C)c1cccc(C(C)C)c1NC(=O)N[SH](=O)=O.NS(=O)(=O)N1CCC(O)CC1. The summed E-state index contributed by atoms with van der Waals surface area (Å²) in [4.78, 5) is 11.6. The van der Waals surface area contributed by atoms with Crippen molar-refractivity contribution in [3.63, 3.8) is 0 Å². The number of anilines is 1. The van der Waals surface area contributed by atoms with E-state index in [0.29, 0.717) is 31.6 Å². The van der Waals surface area contributed by atoms with Gasteiger partial charge in [-0.25, -0.2) is 23.1 Å². The van der Waals surface area contributed by atoms with Crippen molar-refractivity contribution < 1.29 is 26.7 Å². The summed E-state index contributed by atoms with van der Waals surface area (Å²) < 4.78 is 45.4. The molecule has 2 amide bonds. The second-order valence-corrected chi connectivity index (χ2v) is 9.90. The fraction of sp³-hybridized carbons (Fsp3) is 0.611. The second-order valence-electron chi connectivity index (χ2n) is 7.62. The van der Waals surface area contributed by atoms with Gasteiger partial charge in [-0.1, -0.05) is 45.9 Å². The van der Waals surface area contributed by atoms with E-state index in [-0.39, 0.29) is 17.9 Å². The molecule has 10 nitrogen and oxygen atoms in total. The molecule has 2 rings (SSSR count). The molecule has 0 saturated carbocycles. The minimum atomic E-state index is -3.53. The molecule has 1 aromatic carbocycles. The smallest absolute Gasteiger partial charge is 0.332 e. The molecule has 172 valence electrons. The first-order valence-corrected chi connectivity index (χ1v) is 12.3. The standard InChI is InChI=1S/C13H20N2O3S.C5H12N2O3S/c1-8(2)10-6-5-7-11(9(3)4)12(10)14-13(16)15-19(17)18;6-11(9,10)7-3-1-5(8)2-4-7/h5-9,19H,1-4H3,(H2,14,15,16,17,18);5,8H,1-4H2,(H2,6,9,10). The first kappa shape index (κ1) is 26.3. The third-order valence-electron chi connectivity index (χ3n) is 4.59. The third kappa shape index (κ3) is 8.56. The van der Waals surface area contributed by atoms with Crippen LogP contribution >= 0.6 is 0 Å². The zero-order chi connectivity index (χ0) is 23.1. The van der Waals surface area contributed by atoms with Gasteiger partial charge in [0, 0.05) is 18.8 Å². The summed E-state index contributed by atoms with van der Waals surface area (Å²) in [7, 11) is -6.48. The number of hydrogen-bond acceptors (Lipinski definition) is 6. The Kier molecular flexibility index (Phi) is 10.2. The summed E-state index contributed by atoms with van der Waals surface area (Å²) in [5.41, 5.74) is 2.67. The van der Waals surface area contributed by atoms with E-state index in [1.165, 1.54) is 4.31 Å². The Morgan fingerprint density at radius 1 is 1.13 bits per heavy atom. The third-order valence-corrected chi connectivity index (χ3v) is 6.06. The Bertz CT molecular complexity index is 858. The summed E-state index contributed by atoms with van der Waals surface area (Å²) in [6.07, 6.45) is 0.598. The number of nitrogens with two attached hydrogens (primary N) is 1. The molecule has 0 radical (unpaired) electrons. The molecule has 12 heteroatoms. The molecule has 0 spiro atoms. The minimum absolute atomic E-state index is 0.231. The number of urea groups is 1. The molecule has 0 atom stereocenters. The summed E-state index contributed by atoms with van der Waals surface area (Å²) in [6, 6.07) is 5.08. The number of carbonyl (C=O) groups is 1. The molecule has 0 unspecified atom stereocenters. The molecule has 1 fully saturated rings. The van der Waals surface area contributed by atoms with Gasteiger partial charge in [0.05, 0.1) is 6.10 Å². The molecular weight excluding hydrogens is 432 g/mol. The van der Waals surface area contributed by atoms with E-state index in [1.54, 1.807) is 0 Å². The number of rotatable bonds is 5. The number of hydrogen-bond donors (Lipinski definition) is 5. The highest BCUT2D eigenvalue weighted by molar-refractivity contribution is 7.86. The number of aliphatic hydroxyl groups excluding tert-OH is 1. The molecular formula is C18H32N4O6S2. The van der Waals surface area contributed by atoms with E-state index < -0.39 is 27.1 Å². The lowest BCUT2D eigenvalue weighted by Crippen LogP contribution is -2.43. The summed E-state index contributed by atoms with van der Waals surface area (Å²) >= 11 is 0. The Hall–Kier alpha value is -1.73. The predicted molar refractivity (Wildman–Crippen MR) is 117 cm³/mol. The number of para-hydroxylation sites is 1. The predicted octanol–water partition coefficient (Wildman–Crippen LogP) is 1.23. The molecule has 0 aromatic heterocycles. The highest BCUT2D eigenvalue weighted by Gasteiger charge is 2.23. The quantitative estimate of drug-likeness (QED) is 0.412. The van der Waals surface area contributed by atoms with Crippen LogP contribution in [0.5, 0.6) is 0 Å². The van der Waals surface area contributed by atoms with Crippen molar-refractivity contribution in [2.75, 3.05) is 18.4 Å². The number of nitrogens with one attached hydrogen (secondary N) is 2. The lowest BCUT2D eigenvalue weighted by Gasteiger charge is -2.26. The van der Waals surface area contributed by atoms with Crippen molar-refractivity contribution in [3.8, 4) is 0 Å². The van der Waals surface area contributed by atoms with Crippen molar-refractivity contribution in [1.29, 1.82) is 0 Å². The van der Waals surface area contributed by atoms with E-state index in [9.17, 15) is 21.6 Å². The van der Waals surface area contributed by atoms with Crippen LogP contribution in [0.1, 0.15) is 63.5 Å². The lowest BCUT2D eigenvalue weighted by molar-refractivity contribution is 0.113. The van der Waals surface area contributed by atoms with Crippen LogP contribution in [-0.4, -0.2) is 51.5 Å². The fourth-order valence-corrected chi connectivity index (χ4v) is 3.96. The van der Waals surface area contributed by atoms with Crippen molar-refractivity contribution in [2.45, 2.75) is 58.5 Å². The number of piperidine rings is 1. The number of amides is 2. The molecule has 5 N–H and O–H groups in total. The van der Waals surface area contributed by atoms with Gasteiger partial charge < -0.3 is 10.4 Å². The van der Waals surface area contributed by atoms with Gasteiger partial charge in [-0.05, 0) is 35.8 Å². The Morgan fingerprint density at radius 2 is 1.60 bits per heavy atom. The highest BCUT2D eigenvalue weighted by atomic mass is 32.2. The van der Waals surface area contributed by atoms with E-state index in [2.05, 4.69) is 5.32 Å². The Morgan fingerprint density at radius 3 is 1.97 bits per heavy atom. The van der Waals surface area contributed by atoms with E-state index in [1.807, 2.05) is 50.6 Å². The number of aliphatic hydroxyl groups is 1. The van der Waals surface area contributed by atoms with Gasteiger partial charge in [0.2, 0.25) is 10.9 Å². The first-order valence-electron chi connectivity index (χ1n) is 9.63. The van der Waals surface area contributed by atoms with Gasteiger partial charge in [-0.3, -0.25) is 0 Å². The van der Waals surface area contributed by atoms with Crippen LogP contribution in [0.15, 0.2) is 18.2 Å². The largest absolute Gasteiger partial charge is 0.393 e. The maximum atomic E-state index is 11.6. The summed E-state index contributed by atoms with van der Waals surface area (Å²) in [5, 5.41) is 16.5. The molecule has 0 bridgehead atoms. The zero-order valence-corrected chi connectivity index (χ0v) is 19.4. The number of carbonyl (C=O) groups excluding carboxylic acids is 1. The molecule has 1 saturated heterocycles. The number of benzene rings is 1. The van der Waals surface area contributed by atoms with Crippen LogP contribution in [-0.2, 0) is 21.1 Å². The van der Waals surface area contributed by atoms with Gasteiger partial charge in [0.25, 0.3) is 10.2 Å². The maximum Gasteiger partial charge on any atom is 0.332 e. The van der Waals surface area contributed by atoms with E-state index in [4.69, 9.17) is 10.2 Å². The van der Waals surface area contributed by atoms with Crippen molar-refractivity contribution in [3.05, 3.63) is 29.3 Å². The van der Waals surface area contributed by atoms with Crippen LogP contribution in [0.25, 0.3) is 0 Å². The second kappa shape index (κ2) is 11.6. The maximum absolute atomic E-state index is 11.6. The van der Waals surface area contributed by atoms with Gasteiger partial charge >= 0.3 is 6.03 Å². The Balaban J connectivity index is 0.000000346. The number of nitrogens with zero attached hydrogens (tertiary/aromatic N) is 1. The number of thiol groups is 1. The topological polar surface area (TPSA) is 159 Å². The fourth-order valence-electron chi connectivity index (χ4n) is 3.02. The molecule has 30 heavy (non-hydrogen) atoms.